The quantitative estimate of drug-likeness (QED) is 0.460. The number of nitro benzene ring substituents is 1. The molecule has 0 spiro atoms. The average Bonchev–Trinajstić information content (AvgIpc) is 2.24. The van der Waals surface area contributed by atoms with Crippen LogP contribution in [-0.4, -0.2) is 11.2 Å². The molecule has 0 heterocycles. The number of rotatable bonds is 2. The van der Waals surface area contributed by atoms with E-state index in [4.69, 9.17) is 0 Å². The van der Waals surface area contributed by atoms with E-state index in [1.54, 1.807) is 6.07 Å². The van der Waals surface area contributed by atoms with Crippen molar-refractivity contribution in [1.82, 2.24) is 0 Å². The van der Waals surface area contributed by atoms with Gasteiger partial charge in [-0.25, -0.2) is 0 Å². The molecular weight excluding hydrogens is 242 g/mol. The summed E-state index contributed by atoms with van der Waals surface area (Å²) in [5, 5.41) is 11.0. The normalized spacial score (nSPS) is 12.3. The van der Waals surface area contributed by atoms with Crippen molar-refractivity contribution in [2.45, 2.75) is 52.4 Å². The Labute approximate surface area is 114 Å². The highest BCUT2D eigenvalue weighted by Gasteiger charge is 2.30. The molecule has 0 saturated heterocycles. The number of benzene rings is 1. The molecule has 0 bridgehead atoms. The minimum absolute atomic E-state index is 0.0278. The maximum absolute atomic E-state index is 11.3. The molecule has 104 valence electrons. The number of carbonyl (C=O) groups is 1. The van der Waals surface area contributed by atoms with Crippen LogP contribution < -0.4 is 0 Å². The molecule has 0 saturated carbocycles. The van der Waals surface area contributed by atoms with E-state index in [9.17, 15) is 14.9 Å². The van der Waals surface area contributed by atoms with Crippen LogP contribution >= 0.6 is 0 Å². The summed E-state index contributed by atoms with van der Waals surface area (Å²) in [6.45, 7) is 12.0. The molecule has 0 aliphatic carbocycles. The lowest BCUT2D eigenvalue weighted by Gasteiger charge is -2.31. The monoisotopic (exact) mass is 263 g/mol. The molecule has 1 rings (SSSR count). The molecule has 0 radical (unpaired) electrons. The maximum Gasteiger partial charge on any atom is 0.270 e. The largest absolute Gasteiger partial charge is 0.298 e. The molecule has 1 aromatic carbocycles. The van der Waals surface area contributed by atoms with Gasteiger partial charge < -0.3 is 0 Å². The van der Waals surface area contributed by atoms with Gasteiger partial charge in [0.2, 0.25) is 0 Å². The maximum atomic E-state index is 11.3. The zero-order valence-corrected chi connectivity index (χ0v) is 12.4. The molecule has 0 aliphatic heterocycles. The predicted octanol–water partition coefficient (Wildman–Crippen LogP) is 4.00. The third-order valence-electron chi connectivity index (χ3n) is 3.05. The van der Waals surface area contributed by atoms with Gasteiger partial charge >= 0.3 is 0 Å². The zero-order chi connectivity index (χ0) is 15.0. The van der Waals surface area contributed by atoms with E-state index in [-0.39, 0.29) is 16.5 Å². The Morgan fingerprint density at radius 2 is 1.58 bits per heavy atom. The first-order valence-corrected chi connectivity index (χ1v) is 6.27. The lowest BCUT2D eigenvalue weighted by Crippen LogP contribution is -2.24. The molecule has 0 unspecified atom stereocenters. The van der Waals surface area contributed by atoms with Gasteiger partial charge in [-0.3, -0.25) is 14.9 Å². The summed E-state index contributed by atoms with van der Waals surface area (Å²) in [5.74, 6) is 0. The van der Waals surface area contributed by atoms with Crippen LogP contribution in [0.5, 0.6) is 0 Å². The molecule has 4 heteroatoms. The van der Waals surface area contributed by atoms with E-state index in [2.05, 4.69) is 0 Å². The smallest absolute Gasteiger partial charge is 0.270 e. The number of carbonyl (C=O) groups excluding carboxylic acids is 1. The molecule has 0 aromatic heterocycles. The molecule has 0 aliphatic rings. The van der Waals surface area contributed by atoms with Gasteiger partial charge in [0.15, 0.2) is 6.29 Å². The summed E-state index contributed by atoms with van der Waals surface area (Å²) >= 11 is 0. The van der Waals surface area contributed by atoms with Gasteiger partial charge in [0.1, 0.15) is 0 Å². The first-order chi connectivity index (χ1) is 8.48. The molecule has 4 nitrogen and oxygen atoms in total. The number of nitrogens with zero attached hydrogens (tertiary/aromatic N) is 1. The summed E-state index contributed by atoms with van der Waals surface area (Å²) < 4.78 is 0. The second-order valence-corrected chi connectivity index (χ2v) is 6.83. The van der Waals surface area contributed by atoms with Crippen molar-refractivity contribution in [2.24, 2.45) is 0 Å². The Kier molecular flexibility index (Phi) is 3.84. The van der Waals surface area contributed by atoms with E-state index < -0.39 is 4.92 Å². The second kappa shape index (κ2) is 4.76. The SMILES string of the molecule is CC(C)(C)c1cc([N+](=O)[O-])cc(C=O)c1C(C)(C)C. The van der Waals surface area contributed by atoms with Crippen LogP contribution in [-0.2, 0) is 10.8 Å². The van der Waals surface area contributed by atoms with Crippen molar-refractivity contribution < 1.29 is 9.72 Å². The van der Waals surface area contributed by atoms with Crippen molar-refractivity contribution in [2.75, 3.05) is 0 Å². The molecule has 0 fully saturated rings. The molecular formula is C15H21NO3. The molecule has 1 aromatic rings. The van der Waals surface area contributed by atoms with Gasteiger partial charge in [-0.05, 0) is 22.0 Å². The summed E-state index contributed by atoms with van der Waals surface area (Å²) in [6, 6.07) is 2.95. The number of non-ortho nitro benzene ring substituents is 1. The topological polar surface area (TPSA) is 60.2 Å². The van der Waals surface area contributed by atoms with Gasteiger partial charge in [0, 0.05) is 17.7 Å². The van der Waals surface area contributed by atoms with E-state index in [1.807, 2.05) is 41.5 Å². The van der Waals surface area contributed by atoms with Crippen LogP contribution in [0.2, 0.25) is 0 Å². The first kappa shape index (κ1) is 15.3. The third kappa shape index (κ3) is 3.19. The Morgan fingerprint density at radius 1 is 1.05 bits per heavy atom. The number of hydrogen-bond acceptors (Lipinski definition) is 3. The Hall–Kier alpha value is -1.71. The van der Waals surface area contributed by atoms with Gasteiger partial charge in [-0.2, -0.15) is 0 Å². The zero-order valence-electron chi connectivity index (χ0n) is 12.4. The van der Waals surface area contributed by atoms with E-state index in [0.717, 1.165) is 11.1 Å². The number of hydrogen-bond donors (Lipinski definition) is 0. The summed E-state index contributed by atoms with van der Waals surface area (Å²) in [5.41, 5.74) is 1.63. The van der Waals surface area contributed by atoms with Crippen LogP contribution in [0, 0.1) is 10.1 Å². The van der Waals surface area contributed by atoms with Crippen LogP contribution in [0.15, 0.2) is 12.1 Å². The highest BCUT2D eigenvalue weighted by atomic mass is 16.6. The second-order valence-electron chi connectivity index (χ2n) is 6.83. The van der Waals surface area contributed by atoms with Crippen molar-refractivity contribution in [1.29, 1.82) is 0 Å². The number of aldehydes is 1. The Balaban J connectivity index is 3.78. The number of nitro groups is 1. The minimum atomic E-state index is -0.450. The predicted molar refractivity (Wildman–Crippen MR) is 75.9 cm³/mol. The Bertz CT molecular complexity index is 519. The highest BCUT2D eigenvalue weighted by molar-refractivity contribution is 5.80. The van der Waals surface area contributed by atoms with Crippen molar-refractivity contribution in [3.63, 3.8) is 0 Å². The standard InChI is InChI=1S/C15H21NO3/c1-14(2,3)12-8-11(16(18)19)7-10(9-17)13(12)15(4,5)6/h7-9H,1-6H3. The van der Waals surface area contributed by atoms with Crippen molar-refractivity contribution in [3.05, 3.63) is 38.9 Å². The van der Waals surface area contributed by atoms with Gasteiger partial charge in [0.05, 0.1) is 4.92 Å². The lowest BCUT2D eigenvalue weighted by molar-refractivity contribution is -0.385. The van der Waals surface area contributed by atoms with Crippen molar-refractivity contribution >= 4 is 12.0 Å². The minimum Gasteiger partial charge on any atom is -0.298 e. The lowest BCUT2D eigenvalue weighted by atomic mass is 9.73. The molecule has 0 N–H and O–H groups in total. The van der Waals surface area contributed by atoms with E-state index >= 15 is 0 Å². The van der Waals surface area contributed by atoms with Crippen LogP contribution in [0.1, 0.15) is 63.0 Å². The fourth-order valence-corrected chi connectivity index (χ4v) is 2.28. The van der Waals surface area contributed by atoms with Crippen molar-refractivity contribution in [3.8, 4) is 0 Å². The first-order valence-electron chi connectivity index (χ1n) is 6.27. The van der Waals surface area contributed by atoms with Gasteiger partial charge in [-0.1, -0.05) is 41.5 Å². The third-order valence-corrected chi connectivity index (χ3v) is 3.05. The van der Waals surface area contributed by atoms with Crippen LogP contribution in [0.4, 0.5) is 5.69 Å². The van der Waals surface area contributed by atoms with E-state index in [1.165, 1.54) is 6.07 Å². The molecule has 0 amide bonds. The molecule has 19 heavy (non-hydrogen) atoms. The fourth-order valence-electron chi connectivity index (χ4n) is 2.28. The van der Waals surface area contributed by atoms with Crippen LogP contribution in [0.3, 0.4) is 0 Å². The summed E-state index contributed by atoms with van der Waals surface area (Å²) in [7, 11) is 0. The molecule has 0 atom stereocenters. The highest BCUT2D eigenvalue weighted by Crippen LogP contribution is 2.38. The average molecular weight is 263 g/mol. The van der Waals surface area contributed by atoms with Gasteiger partial charge in [-0.15, -0.1) is 0 Å². The summed E-state index contributed by atoms with van der Waals surface area (Å²) in [4.78, 5) is 21.9. The Morgan fingerprint density at radius 3 is 1.89 bits per heavy atom. The van der Waals surface area contributed by atoms with Gasteiger partial charge in [0.25, 0.3) is 5.69 Å². The summed E-state index contributed by atoms with van der Waals surface area (Å²) in [6.07, 6.45) is 0.711. The van der Waals surface area contributed by atoms with Crippen LogP contribution in [0.25, 0.3) is 0 Å². The fraction of sp³-hybridized carbons (Fsp3) is 0.533. The van der Waals surface area contributed by atoms with E-state index in [0.29, 0.717) is 11.8 Å².